The Morgan fingerprint density at radius 1 is 1.09 bits per heavy atom. The summed E-state index contributed by atoms with van der Waals surface area (Å²) in [6, 6.07) is 11.9. The van der Waals surface area contributed by atoms with E-state index in [0.29, 0.717) is 42.3 Å². The van der Waals surface area contributed by atoms with Gasteiger partial charge in [0.1, 0.15) is 5.60 Å². The number of anilines is 2. The molecule has 1 saturated heterocycles. The van der Waals surface area contributed by atoms with Crippen LogP contribution in [0.4, 0.5) is 29.3 Å². The van der Waals surface area contributed by atoms with E-state index in [9.17, 15) is 18.0 Å². The second-order valence-electron chi connectivity index (χ2n) is 9.05. The monoisotopic (exact) mass is 474 g/mol. The molecule has 2 aromatic carbocycles. The summed E-state index contributed by atoms with van der Waals surface area (Å²) in [6.45, 7) is 6.40. The number of carbonyl (C=O) groups is 1. The maximum Gasteiger partial charge on any atom is 0.416 e. The lowest BCUT2D eigenvalue weighted by Gasteiger charge is -2.24. The van der Waals surface area contributed by atoms with Gasteiger partial charge in [0, 0.05) is 30.0 Å². The molecule has 4 rings (SSSR count). The van der Waals surface area contributed by atoms with Crippen LogP contribution in [0.2, 0.25) is 0 Å². The van der Waals surface area contributed by atoms with E-state index in [4.69, 9.17) is 4.74 Å². The molecule has 8 nitrogen and oxygen atoms in total. The van der Waals surface area contributed by atoms with Crippen molar-refractivity contribution in [3.63, 3.8) is 0 Å². The number of nitrogens with zero attached hydrogens (tertiary/aromatic N) is 5. The Kier molecular flexibility index (Phi) is 6.20. The highest BCUT2D eigenvalue weighted by molar-refractivity contribution is 5.77. The topological polar surface area (TPSA) is 85.2 Å². The van der Waals surface area contributed by atoms with Crippen LogP contribution < -0.4 is 5.32 Å². The average molecular weight is 474 g/mol. The standard InChI is InChI=1S/C23H25F3N6O2/c1-22(2,3)34-21(33)31-13-12-17(14-31)32-29-20(28-30-32)18-6-4-5-7-19(18)27-16-10-8-15(9-11-16)23(24,25)26/h4-11,17,27H,12-14H2,1-3H3/t17-/m0/s1. The molecule has 1 N–H and O–H groups in total. The third-order valence-corrected chi connectivity index (χ3v) is 5.23. The van der Waals surface area contributed by atoms with Crippen molar-refractivity contribution in [3.8, 4) is 11.4 Å². The minimum atomic E-state index is -4.39. The van der Waals surface area contributed by atoms with E-state index in [1.807, 2.05) is 26.8 Å². The summed E-state index contributed by atoms with van der Waals surface area (Å²) in [4.78, 5) is 15.4. The number of hydrogen-bond acceptors (Lipinski definition) is 6. The summed E-state index contributed by atoms with van der Waals surface area (Å²) in [5.74, 6) is 0.366. The number of benzene rings is 2. The van der Waals surface area contributed by atoms with Crippen molar-refractivity contribution in [1.29, 1.82) is 0 Å². The van der Waals surface area contributed by atoms with E-state index >= 15 is 0 Å². The Bertz CT molecular complexity index is 1150. The molecular weight excluding hydrogens is 449 g/mol. The zero-order valence-electron chi connectivity index (χ0n) is 19.0. The van der Waals surface area contributed by atoms with Crippen molar-refractivity contribution in [2.24, 2.45) is 0 Å². The molecule has 34 heavy (non-hydrogen) atoms. The second kappa shape index (κ2) is 8.96. The zero-order chi connectivity index (χ0) is 24.5. The zero-order valence-corrected chi connectivity index (χ0v) is 19.0. The summed E-state index contributed by atoms with van der Waals surface area (Å²) in [5.41, 5.74) is 0.487. The minimum absolute atomic E-state index is 0.135. The highest BCUT2D eigenvalue weighted by Gasteiger charge is 2.32. The number of ether oxygens (including phenoxy) is 1. The number of amides is 1. The summed E-state index contributed by atoms with van der Waals surface area (Å²) in [5, 5.41) is 16.0. The van der Waals surface area contributed by atoms with E-state index < -0.39 is 17.3 Å². The van der Waals surface area contributed by atoms with Gasteiger partial charge in [-0.15, -0.1) is 10.2 Å². The first kappa shape index (κ1) is 23.5. The van der Waals surface area contributed by atoms with Gasteiger partial charge in [0.25, 0.3) is 0 Å². The van der Waals surface area contributed by atoms with Crippen LogP contribution in [0.25, 0.3) is 11.4 Å². The number of aromatic nitrogens is 4. The molecule has 0 unspecified atom stereocenters. The molecule has 0 bridgehead atoms. The van der Waals surface area contributed by atoms with E-state index in [-0.39, 0.29) is 12.1 Å². The Labute approximate surface area is 194 Å². The van der Waals surface area contributed by atoms with Crippen molar-refractivity contribution in [2.75, 3.05) is 18.4 Å². The third kappa shape index (κ3) is 5.46. The first-order valence-corrected chi connectivity index (χ1v) is 10.8. The Balaban J connectivity index is 1.48. The van der Waals surface area contributed by atoms with E-state index in [2.05, 4.69) is 20.7 Å². The number of nitrogens with one attached hydrogen (secondary N) is 1. The van der Waals surface area contributed by atoms with Crippen molar-refractivity contribution in [3.05, 3.63) is 54.1 Å². The number of carbonyl (C=O) groups excluding carboxylic acids is 1. The first-order valence-electron chi connectivity index (χ1n) is 10.8. The molecule has 0 radical (unpaired) electrons. The number of tetrazole rings is 1. The van der Waals surface area contributed by atoms with Crippen LogP contribution in [0.5, 0.6) is 0 Å². The van der Waals surface area contributed by atoms with Crippen LogP contribution in [-0.2, 0) is 10.9 Å². The van der Waals surface area contributed by atoms with Crippen LogP contribution in [0, 0.1) is 0 Å². The number of likely N-dealkylation sites (tertiary alicyclic amines) is 1. The van der Waals surface area contributed by atoms with Crippen LogP contribution >= 0.6 is 0 Å². The summed E-state index contributed by atoms with van der Waals surface area (Å²) in [6.07, 6.45) is -4.10. The second-order valence-corrected chi connectivity index (χ2v) is 9.05. The fourth-order valence-electron chi connectivity index (χ4n) is 3.60. The summed E-state index contributed by atoms with van der Waals surface area (Å²) >= 11 is 0. The normalized spacial score (nSPS) is 16.5. The molecule has 1 fully saturated rings. The van der Waals surface area contributed by atoms with Crippen molar-refractivity contribution >= 4 is 17.5 Å². The van der Waals surface area contributed by atoms with Gasteiger partial charge in [-0.05, 0) is 68.8 Å². The molecule has 11 heteroatoms. The molecule has 3 aromatic rings. The van der Waals surface area contributed by atoms with Crippen LogP contribution in [0.15, 0.2) is 48.5 Å². The Morgan fingerprint density at radius 2 is 1.79 bits per heavy atom. The highest BCUT2D eigenvalue weighted by atomic mass is 19.4. The molecule has 0 spiro atoms. The SMILES string of the molecule is CC(C)(C)OC(=O)N1CC[C@H](n2nnc(-c3ccccc3Nc3ccc(C(F)(F)F)cc3)n2)C1. The molecule has 180 valence electrons. The predicted octanol–water partition coefficient (Wildman–Crippen LogP) is 5.28. The molecule has 0 saturated carbocycles. The lowest BCUT2D eigenvalue weighted by molar-refractivity contribution is -0.137. The fourth-order valence-corrected chi connectivity index (χ4v) is 3.60. The summed E-state index contributed by atoms with van der Waals surface area (Å²) in [7, 11) is 0. The van der Waals surface area contributed by atoms with Crippen LogP contribution in [0.1, 0.15) is 38.8 Å². The van der Waals surface area contributed by atoms with E-state index in [0.717, 1.165) is 12.1 Å². The number of alkyl halides is 3. The molecule has 1 amide bonds. The van der Waals surface area contributed by atoms with Gasteiger partial charge in [-0.1, -0.05) is 12.1 Å². The highest BCUT2D eigenvalue weighted by Crippen LogP contribution is 2.32. The minimum Gasteiger partial charge on any atom is -0.444 e. The third-order valence-electron chi connectivity index (χ3n) is 5.23. The Morgan fingerprint density at radius 3 is 2.47 bits per heavy atom. The van der Waals surface area contributed by atoms with Gasteiger partial charge in [0.05, 0.1) is 11.6 Å². The maximum absolute atomic E-state index is 12.8. The predicted molar refractivity (Wildman–Crippen MR) is 119 cm³/mol. The first-order chi connectivity index (χ1) is 16.0. The lowest BCUT2D eigenvalue weighted by Crippen LogP contribution is -2.35. The van der Waals surface area contributed by atoms with Crippen molar-refractivity contribution < 1.29 is 22.7 Å². The van der Waals surface area contributed by atoms with Crippen LogP contribution in [-0.4, -0.2) is 49.9 Å². The van der Waals surface area contributed by atoms with Gasteiger partial charge in [-0.3, -0.25) is 0 Å². The van der Waals surface area contributed by atoms with Crippen molar-refractivity contribution in [1.82, 2.24) is 25.1 Å². The van der Waals surface area contributed by atoms with Crippen molar-refractivity contribution in [2.45, 2.75) is 45.0 Å². The molecule has 1 aliphatic heterocycles. The molecule has 1 aliphatic rings. The number of para-hydroxylation sites is 1. The molecule has 2 heterocycles. The maximum atomic E-state index is 12.8. The van der Waals surface area contributed by atoms with Crippen LogP contribution in [0.3, 0.4) is 0 Å². The smallest absolute Gasteiger partial charge is 0.416 e. The Hall–Kier alpha value is -3.63. The average Bonchev–Trinajstić information content (AvgIpc) is 3.43. The van der Waals surface area contributed by atoms with Gasteiger partial charge in [-0.2, -0.15) is 18.0 Å². The fraction of sp³-hybridized carbons (Fsp3) is 0.391. The van der Waals surface area contributed by atoms with Gasteiger partial charge in [0.2, 0.25) is 5.82 Å². The number of hydrogen-bond donors (Lipinski definition) is 1. The molecule has 0 aliphatic carbocycles. The van der Waals surface area contributed by atoms with Gasteiger partial charge in [-0.25, -0.2) is 4.79 Å². The number of halogens is 3. The molecule has 1 atom stereocenters. The van der Waals surface area contributed by atoms with Gasteiger partial charge < -0.3 is 15.0 Å². The molecule has 1 aromatic heterocycles. The quantitative estimate of drug-likeness (QED) is 0.554. The van der Waals surface area contributed by atoms with Gasteiger partial charge in [0.15, 0.2) is 0 Å². The van der Waals surface area contributed by atoms with E-state index in [1.165, 1.54) is 16.9 Å². The largest absolute Gasteiger partial charge is 0.444 e. The van der Waals surface area contributed by atoms with Gasteiger partial charge >= 0.3 is 12.3 Å². The van der Waals surface area contributed by atoms with E-state index in [1.54, 1.807) is 23.1 Å². The lowest BCUT2D eigenvalue weighted by atomic mass is 10.1. The molecular formula is C23H25F3N6O2. The number of rotatable bonds is 4. The summed E-state index contributed by atoms with van der Waals surface area (Å²) < 4.78 is 43.9.